The molecule has 0 saturated heterocycles. The SMILES string of the molecule is O=C(NCC1(O)CCCC1)c1ccc(=O)n(Cc2ccccc2)n1. The maximum atomic E-state index is 12.3. The van der Waals surface area contributed by atoms with Crippen LogP contribution >= 0.6 is 0 Å². The number of hydrogen-bond donors (Lipinski definition) is 2. The van der Waals surface area contributed by atoms with Gasteiger partial charge < -0.3 is 10.4 Å². The van der Waals surface area contributed by atoms with Crippen molar-refractivity contribution < 1.29 is 9.90 Å². The summed E-state index contributed by atoms with van der Waals surface area (Å²) in [7, 11) is 0. The van der Waals surface area contributed by atoms with E-state index in [2.05, 4.69) is 10.4 Å². The highest BCUT2D eigenvalue weighted by atomic mass is 16.3. The zero-order valence-electron chi connectivity index (χ0n) is 13.4. The molecule has 0 spiro atoms. The van der Waals surface area contributed by atoms with Gasteiger partial charge in [0.15, 0.2) is 0 Å². The maximum absolute atomic E-state index is 12.3. The molecule has 1 fully saturated rings. The Morgan fingerprint density at radius 2 is 1.88 bits per heavy atom. The molecule has 1 aliphatic carbocycles. The normalized spacial score (nSPS) is 16.0. The van der Waals surface area contributed by atoms with Gasteiger partial charge >= 0.3 is 0 Å². The van der Waals surface area contributed by atoms with E-state index in [4.69, 9.17) is 0 Å². The first-order chi connectivity index (χ1) is 11.6. The van der Waals surface area contributed by atoms with Crippen LogP contribution in [0.25, 0.3) is 0 Å². The predicted molar refractivity (Wildman–Crippen MR) is 89.8 cm³/mol. The first-order valence-corrected chi connectivity index (χ1v) is 8.18. The fourth-order valence-electron chi connectivity index (χ4n) is 2.98. The van der Waals surface area contributed by atoms with Crippen molar-refractivity contribution in [3.05, 3.63) is 64.1 Å². The third-order valence-electron chi connectivity index (χ3n) is 4.39. The van der Waals surface area contributed by atoms with E-state index in [1.807, 2.05) is 30.3 Å². The van der Waals surface area contributed by atoms with Crippen molar-refractivity contribution in [1.29, 1.82) is 0 Å². The summed E-state index contributed by atoms with van der Waals surface area (Å²) >= 11 is 0. The number of nitrogens with one attached hydrogen (secondary N) is 1. The van der Waals surface area contributed by atoms with E-state index in [0.29, 0.717) is 19.4 Å². The van der Waals surface area contributed by atoms with Crippen LogP contribution < -0.4 is 10.9 Å². The van der Waals surface area contributed by atoms with Gasteiger partial charge in [0.25, 0.3) is 11.5 Å². The number of aromatic nitrogens is 2. The highest BCUT2D eigenvalue weighted by Crippen LogP contribution is 2.28. The van der Waals surface area contributed by atoms with Crippen LogP contribution in [-0.4, -0.2) is 32.9 Å². The highest BCUT2D eigenvalue weighted by molar-refractivity contribution is 5.92. The molecule has 3 rings (SSSR count). The van der Waals surface area contributed by atoms with Crippen molar-refractivity contribution in [1.82, 2.24) is 15.1 Å². The Hall–Kier alpha value is -2.47. The molecule has 1 aromatic carbocycles. The fraction of sp³-hybridized carbons (Fsp3) is 0.389. The maximum Gasteiger partial charge on any atom is 0.271 e. The van der Waals surface area contributed by atoms with Gasteiger partial charge in [0.2, 0.25) is 0 Å². The Balaban J connectivity index is 1.70. The van der Waals surface area contributed by atoms with Gasteiger partial charge in [-0.15, -0.1) is 0 Å². The molecule has 0 aliphatic heterocycles. The van der Waals surface area contributed by atoms with Crippen molar-refractivity contribution in [3.63, 3.8) is 0 Å². The number of aliphatic hydroxyl groups is 1. The molecule has 1 heterocycles. The molecule has 1 aliphatic rings. The first-order valence-electron chi connectivity index (χ1n) is 8.18. The number of nitrogens with zero attached hydrogens (tertiary/aromatic N) is 2. The predicted octanol–water partition coefficient (Wildman–Crippen LogP) is 1.33. The van der Waals surface area contributed by atoms with Gasteiger partial charge in [0.1, 0.15) is 5.69 Å². The Labute approximate surface area is 140 Å². The quantitative estimate of drug-likeness (QED) is 0.868. The molecule has 24 heavy (non-hydrogen) atoms. The van der Waals surface area contributed by atoms with Crippen LogP contribution in [0.15, 0.2) is 47.3 Å². The molecule has 6 nitrogen and oxygen atoms in total. The Morgan fingerprint density at radius 1 is 1.17 bits per heavy atom. The molecule has 6 heteroatoms. The lowest BCUT2D eigenvalue weighted by Gasteiger charge is -2.22. The van der Waals surface area contributed by atoms with Gasteiger partial charge in [0.05, 0.1) is 12.1 Å². The fourth-order valence-corrected chi connectivity index (χ4v) is 2.98. The third kappa shape index (κ3) is 3.89. The standard InChI is InChI=1S/C18H21N3O3/c22-16-9-8-15(17(23)19-13-18(24)10-4-5-11-18)20-21(16)12-14-6-2-1-3-7-14/h1-3,6-9,24H,4-5,10-13H2,(H,19,23). The van der Waals surface area contributed by atoms with Crippen LogP contribution in [0.3, 0.4) is 0 Å². The average molecular weight is 327 g/mol. The summed E-state index contributed by atoms with van der Waals surface area (Å²) in [5, 5.41) is 17.2. The summed E-state index contributed by atoms with van der Waals surface area (Å²) in [6.07, 6.45) is 3.36. The van der Waals surface area contributed by atoms with Gasteiger partial charge in [-0.25, -0.2) is 4.68 Å². The zero-order chi connectivity index (χ0) is 17.0. The van der Waals surface area contributed by atoms with Crippen molar-refractivity contribution in [2.45, 2.75) is 37.8 Å². The number of benzene rings is 1. The van der Waals surface area contributed by atoms with E-state index in [0.717, 1.165) is 18.4 Å². The minimum absolute atomic E-state index is 0.173. The van der Waals surface area contributed by atoms with E-state index in [-0.39, 0.29) is 23.7 Å². The first kappa shape index (κ1) is 16.4. The average Bonchev–Trinajstić information content (AvgIpc) is 3.03. The smallest absolute Gasteiger partial charge is 0.271 e. The topological polar surface area (TPSA) is 84.2 Å². The Morgan fingerprint density at radius 3 is 2.58 bits per heavy atom. The van der Waals surface area contributed by atoms with Gasteiger partial charge in [-0.2, -0.15) is 5.10 Å². The highest BCUT2D eigenvalue weighted by Gasteiger charge is 2.31. The lowest BCUT2D eigenvalue weighted by Crippen LogP contribution is -2.41. The van der Waals surface area contributed by atoms with Crippen LogP contribution in [0.4, 0.5) is 0 Å². The monoisotopic (exact) mass is 327 g/mol. The number of carbonyl (C=O) groups is 1. The van der Waals surface area contributed by atoms with Crippen molar-refractivity contribution >= 4 is 5.91 Å². The molecule has 2 aromatic rings. The molecule has 1 saturated carbocycles. The van der Waals surface area contributed by atoms with Crippen LogP contribution in [0.2, 0.25) is 0 Å². The third-order valence-corrected chi connectivity index (χ3v) is 4.39. The van der Waals surface area contributed by atoms with Gasteiger partial charge in [-0.05, 0) is 24.5 Å². The zero-order valence-corrected chi connectivity index (χ0v) is 13.4. The minimum Gasteiger partial charge on any atom is -0.388 e. The number of amides is 1. The molecule has 0 unspecified atom stereocenters. The molecular formula is C18H21N3O3. The second kappa shape index (κ2) is 6.97. The van der Waals surface area contributed by atoms with E-state index < -0.39 is 5.60 Å². The Kier molecular flexibility index (Phi) is 4.76. The summed E-state index contributed by atoms with van der Waals surface area (Å²) in [6, 6.07) is 12.2. The van der Waals surface area contributed by atoms with Gasteiger partial charge in [-0.3, -0.25) is 9.59 Å². The number of rotatable bonds is 5. The van der Waals surface area contributed by atoms with Crippen LogP contribution in [0, 0.1) is 0 Å². The molecule has 2 N–H and O–H groups in total. The van der Waals surface area contributed by atoms with E-state index in [9.17, 15) is 14.7 Å². The largest absolute Gasteiger partial charge is 0.388 e. The van der Waals surface area contributed by atoms with Gasteiger partial charge in [0, 0.05) is 12.6 Å². The van der Waals surface area contributed by atoms with Crippen molar-refractivity contribution in [3.8, 4) is 0 Å². The Bertz CT molecular complexity index is 765. The van der Waals surface area contributed by atoms with Crippen molar-refractivity contribution in [2.24, 2.45) is 0 Å². The molecule has 0 bridgehead atoms. The number of carbonyl (C=O) groups excluding carboxylic acids is 1. The van der Waals surface area contributed by atoms with E-state index in [1.165, 1.54) is 16.8 Å². The molecule has 0 radical (unpaired) electrons. The van der Waals surface area contributed by atoms with Crippen molar-refractivity contribution in [2.75, 3.05) is 6.54 Å². The lowest BCUT2D eigenvalue weighted by molar-refractivity contribution is 0.0448. The van der Waals surface area contributed by atoms with Crippen LogP contribution in [0.1, 0.15) is 41.7 Å². The van der Waals surface area contributed by atoms with Gasteiger partial charge in [-0.1, -0.05) is 43.2 Å². The molecule has 0 atom stereocenters. The van der Waals surface area contributed by atoms with Crippen LogP contribution in [0.5, 0.6) is 0 Å². The number of hydrogen-bond acceptors (Lipinski definition) is 4. The molecular weight excluding hydrogens is 306 g/mol. The second-order valence-electron chi connectivity index (χ2n) is 6.31. The van der Waals surface area contributed by atoms with E-state index >= 15 is 0 Å². The molecule has 126 valence electrons. The molecule has 1 aromatic heterocycles. The summed E-state index contributed by atoms with van der Waals surface area (Å²) in [5.41, 5.74) is 0.0376. The second-order valence-corrected chi connectivity index (χ2v) is 6.31. The summed E-state index contributed by atoms with van der Waals surface area (Å²) in [4.78, 5) is 24.2. The summed E-state index contributed by atoms with van der Waals surface area (Å²) in [5.74, 6) is -0.378. The minimum atomic E-state index is -0.811. The van der Waals surface area contributed by atoms with E-state index in [1.54, 1.807) is 0 Å². The lowest BCUT2D eigenvalue weighted by atomic mass is 10.0. The summed E-state index contributed by atoms with van der Waals surface area (Å²) in [6.45, 7) is 0.524. The van der Waals surface area contributed by atoms with Crippen LogP contribution in [-0.2, 0) is 6.54 Å². The summed E-state index contributed by atoms with van der Waals surface area (Å²) < 4.78 is 1.27. The molecule has 1 amide bonds.